The van der Waals surface area contributed by atoms with E-state index in [1.165, 1.54) is 0 Å². The smallest absolute Gasteiger partial charge is 0.325 e. The second kappa shape index (κ2) is 20.9. The highest BCUT2D eigenvalue weighted by molar-refractivity contribution is 7.99. The molecule has 0 atom stereocenters. The fourth-order valence-corrected chi connectivity index (χ4v) is 9.73. The van der Waals surface area contributed by atoms with Crippen LogP contribution in [-0.2, 0) is 0 Å². The number of anilines is 3. The molecular weight excluding hydrogens is 946 g/mol. The van der Waals surface area contributed by atoms with Crippen LogP contribution in [0, 0.1) is 10.8 Å². The van der Waals surface area contributed by atoms with Gasteiger partial charge < -0.3 is 31.7 Å². The number of carbonyl (C=O) groups is 1. The van der Waals surface area contributed by atoms with E-state index in [9.17, 15) is 4.79 Å². The van der Waals surface area contributed by atoms with E-state index in [1.54, 1.807) is 11.8 Å². The lowest BCUT2D eigenvalue weighted by Crippen LogP contribution is -2.38. The Balaban J connectivity index is 0.00000611. The summed E-state index contributed by atoms with van der Waals surface area (Å²) in [6.07, 6.45) is 8.32. The molecule has 0 fully saturated rings. The lowest BCUT2D eigenvalue weighted by Gasteiger charge is -2.12. The zero-order valence-electron chi connectivity index (χ0n) is 38.9. The van der Waals surface area contributed by atoms with Crippen molar-refractivity contribution in [2.24, 2.45) is 5.73 Å². The van der Waals surface area contributed by atoms with E-state index < -0.39 is 6.03 Å². The normalized spacial score (nSPS) is 11.3. The molecule has 0 spiro atoms. The van der Waals surface area contributed by atoms with Gasteiger partial charge in [0.1, 0.15) is 0 Å². The van der Waals surface area contributed by atoms with Crippen LogP contribution >= 0.6 is 24.2 Å². The molecule has 12 nitrogen and oxygen atoms in total. The van der Waals surface area contributed by atoms with Crippen LogP contribution in [0.1, 0.15) is 22.8 Å². The van der Waals surface area contributed by atoms with E-state index in [0.717, 1.165) is 105 Å². The highest BCUT2D eigenvalue weighted by atomic mass is 35.5. The summed E-state index contributed by atoms with van der Waals surface area (Å²) in [6, 6.07) is 61.6. The van der Waals surface area contributed by atoms with Crippen LogP contribution in [0.15, 0.2) is 198 Å². The van der Waals surface area contributed by atoms with Gasteiger partial charge in [-0.2, -0.15) is 0 Å². The van der Waals surface area contributed by atoms with E-state index >= 15 is 0 Å². The third-order valence-corrected chi connectivity index (χ3v) is 13.1. The summed E-state index contributed by atoms with van der Waals surface area (Å²) in [4.78, 5) is 33.6. The van der Waals surface area contributed by atoms with Gasteiger partial charge in [0.2, 0.25) is 5.96 Å². The molecule has 5 heterocycles. The SMILES string of the molecule is Cl.N=C(N)Nc1ccc(Sc2ccc(NC(=N)NC(=O)Nc3ccc(-c4c5nc(c(-c6ccccc6)c6ccc([nH]6)c(-c6ccccc6)c6nc(c(-c7ccccc7)c7ccc4[nH]7)C=C6)C=C5)cc3)cc2)cc1. The molecule has 73 heavy (non-hydrogen) atoms. The number of benzene rings is 6. The topological polar surface area (TPSA) is 196 Å². The van der Waals surface area contributed by atoms with Crippen LogP contribution in [0.2, 0.25) is 0 Å². The lowest BCUT2D eigenvalue weighted by molar-refractivity contribution is 0.256. The number of nitrogens with zero attached hydrogens (tertiary/aromatic N) is 2. The van der Waals surface area contributed by atoms with E-state index in [2.05, 4.69) is 128 Å². The van der Waals surface area contributed by atoms with Gasteiger partial charge in [0, 0.05) is 71.2 Å². The first-order valence-electron chi connectivity index (χ1n) is 23.1. The summed E-state index contributed by atoms with van der Waals surface area (Å²) in [5, 5.41) is 27.1. The minimum absolute atomic E-state index is 0. The summed E-state index contributed by atoms with van der Waals surface area (Å²) >= 11 is 1.57. The summed E-state index contributed by atoms with van der Waals surface area (Å²) < 4.78 is 0. The number of aromatic amines is 2. The molecule has 6 aromatic carbocycles. The van der Waals surface area contributed by atoms with Crippen LogP contribution < -0.4 is 27.0 Å². The van der Waals surface area contributed by atoms with E-state index in [4.69, 9.17) is 26.5 Å². The fourth-order valence-electron chi connectivity index (χ4n) is 8.91. The Labute approximate surface area is 431 Å². The summed E-state index contributed by atoms with van der Waals surface area (Å²) in [5.41, 5.74) is 21.9. The number of amides is 2. The zero-order chi connectivity index (χ0) is 49.0. The van der Waals surface area contributed by atoms with Crippen molar-refractivity contribution in [3.05, 3.63) is 211 Å². The number of guanidine groups is 2. The molecular formula is C59H46ClN11OS. The standard InChI is InChI=1S/C59H45N11OS.ClH/c60-57(61)63-40-20-24-43(25-21-40)72-44-26-22-41(23-27-44)64-58(62)70-59(71)65-42-18-16-39(17-19-42)56-51-34-32-49(68-51)54(37-12-6-2-7-13-37)47-30-28-45(66-47)53(36-10-4-1-5-11-36)46-29-31-48(67-46)55(38-14-8-3-9-15-38)50-33-35-52(56)69-50;/h1-35,66,69H,(H4,60,61,63)(H4,62,64,65,70,71);1H. The minimum Gasteiger partial charge on any atom is -0.370 e. The summed E-state index contributed by atoms with van der Waals surface area (Å²) in [5.74, 6) is -0.300. The van der Waals surface area contributed by atoms with Crippen molar-refractivity contribution in [1.82, 2.24) is 25.3 Å². The zero-order valence-corrected chi connectivity index (χ0v) is 40.5. The van der Waals surface area contributed by atoms with Crippen LogP contribution in [0.3, 0.4) is 0 Å². The Morgan fingerprint density at radius 1 is 0.425 bits per heavy atom. The van der Waals surface area contributed by atoms with Crippen molar-refractivity contribution in [3.63, 3.8) is 0 Å². The van der Waals surface area contributed by atoms with Gasteiger partial charge in [-0.1, -0.05) is 115 Å². The van der Waals surface area contributed by atoms with Crippen molar-refractivity contribution in [2.45, 2.75) is 9.79 Å². The maximum Gasteiger partial charge on any atom is 0.325 e. The molecule has 10 N–H and O–H groups in total. The number of fused-ring (bicyclic) bond motifs is 8. The van der Waals surface area contributed by atoms with Gasteiger partial charge >= 0.3 is 6.03 Å². The molecule has 3 aromatic heterocycles. The van der Waals surface area contributed by atoms with Crippen molar-refractivity contribution in [1.29, 1.82) is 10.8 Å². The largest absolute Gasteiger partial charge is 0.370 e. The number of carbonyl (C=O) groups excluding carboxylic acids is 1. The van der Waals surface area contributed by atoms with Gasteiger partial charge in [0.15, 0.2) is 5.96 Å². The second-order valence-electron chi connectivity index (χ2n) is 16.9. The average Bonchev–Trinajstić information content (AvgIpc) is 4.25. The summed E-state index contributed by atoms with van der Waals surface area (Å²) in [6.45, 7) is 0. The molecule has 0 radical (unpaired) electrons. The quantitative estimate of drug-likeness (QED) is 0.0507. The maximum absolute atomic E-state index is 13.2. The number of aromatic nitrogens is 4. The monoisotopic (exact) mass is 991 g/mol. The van der Waals surface area contributed by atoms with Gasteiger partial charge in [0.25, 0.3) is 0 Å². The average molecular weight is 993 g/mol. The summed E-state index contributed by atoms with van der Waals surface area (Å²) in [7, 11) is 0. The number of hydrogen-bond acceptors (Lipinski definition) is 6. The molecule has 2 aliphatic heterocycles. The van der Waals surface area contributed by atoms with Crippen molar-refractivity contribution < 1.29 is 4.79 Å². The molecule has 0 saturated heterocycles. The van der Waals surface area contributed by atoms with Crippen LogP contribution in [0.5, 0.6) is 0 Å². The molecule has 356 valence electrons. The van der Waals surface area contributed by atoms with E-state index in [-0.39, 0.29) is 24.3 Å². The third-order valence-electron chi connectivity index (χ3n) is 12.1. The van der Waals surface area contributed by atoms with Gasteiger partial charge in [-0.25, -0.2) is 14.8 Å². The fraction of sp³-hybridized carbons (Fsp3) is 0. The second-order valence-corrected chi connectivity index (χ2v) is 18.1. The predicted molar refractivity (Wildman–Crippen MR) is 304 cm³/mol. The molecule has 2 aliphatic rings. The van der Waals surface area contributed by atoms with Gasteiger partial charge in [-0.15, -0.1) is 12.4 Å². The Hall–Kier alpha value is -9.43. The predicted octanol–water partition coefficient (Wildman–Crippen LogP) is 14.4. The first-order valence-corrected chi connectivity index (χ1v) is 24.0. The van der Waals surface area contributed by atoms with Crippen molar-refractivity contribution in [2.75, 3.05) is 16.0 Å². The number of nitrogens with two attached hydrogens (primary N) is 1. The molecule has 0 unspecified atom stereocenters. The molecule has 0 aliphatic carbocycles. The van der Waals surface area contributed by atoms with Crippen LogP contribution in [-0.4, -0.2) is 37.9 Å². The molecule has 14 heteroatoms. The van der Waals surface area contributed by atoms with Gasteiger partial charge in [0.05, 0.1) is 22.8 Å². The Morgan fingerprint density at radius 3 is 1.12 bits per heavy atom. The number of nitrogens with one attached hydrogen (secondary N) is 8. The molecule has 2 amide bonds. The van der Waals surface area contributed by atoms with Gasteiger partial charge in [-0.3, -0.25) is 16.1 Å². The Kier molecular flexibility index (Phi) is 13.5. The number of urea groups is 1. The molecule has 9 aromatic rings. The first kappa shape index (κ1) is 47.3. The van der Waals surface area contributed by atoms with Crippen LogP contribution in [0.25, 0.3) is 90.9 Å². The number of halogens is 1. The Morgan fingerprint density at radius 2 is 0.753 bits per heavy atom. The van der Waals surface area contributed by atoms with E-state index in [0.29, 0.717) is 11.4 Å². The maximum atomic E-state index is 13.2. The Bertz CT molecular complexity index is 3730. The third kappa shape index (κ3) is 10.4. The first-order chi connectivity index (χ1) is 35.3. The van der Waals surface area contributed by atoms with Crippen molar-refractivity contribution in [3.8, 4) is 44.5 Å². The van der Waals surface area contributed by atoms with E-state index in [1.807, 2.05) is 115 Å². The number of rotatable bonds is 9. The minimum atomic E-state index is -0.568. The van der Waals surface area contributed by atoms with Gasteiger partial charge in [-0.05, 0) is 131 Å². The number of H-pyrrole nitrogens is 2. The number of hydrogen-bond donors (Lipinski definition) is 9. The highest BCUT2D eigenvalue weighted by Gasteiger charge is 2.19. The highest BCUT2D eigenvalue weighted by Crippen LogP contribution is 2.39. The molecule has 0 saturated carbocycles. The molecule has 8 bridgehead atoms. The lowest BCUT2D eigenvalue weighted by atomic mass is 10.0. The van der Waals surface area contributed by atoms with Crippen molar-refractivity contribution >= 4 is 106 Å². The van der Waals surface area contributed by atoms with Crippen LogP contribution in [0.4, 0.5) is 21.9 Å². The molecule has 11 rings (SSSR count).